The molecular formula is C12H11NO3. The summed E-state index contributed by atoms with van der Waals surface area (Å²) in [5.74, 6) is -2.68. The highest BCUT2D eigenvalue weighted by atomic mass is 16.4. The third kappa shape index (κ3) is 1.52. The van der Waals surface area contributed by atoms with Crippen LogP contribution in [-0.4, -0.2) is 23.1 Å². The van der Waals surface area contributed by atoms with E-state index in [0.717, 1.165) is 11.1 Å². The number of carbonyl (C=O) groups excluding carboxylic acids is 1. The molecule has 1 aliphatic rings. The highest BCUT2D eigenvalue weighted by Crippen LogP contribution is 2.30. The molecule has 0 bridgehead atoms. The van der Waals surface area contributed by atoms with E-state index < -0.39 is 11.9 Å². The highest BCUT2D eigenvalue weighted by molar-refractivity contribution is 6.22. The zero-order chi connectivity index (χ0) is 11.9. The summed E-state index contributed by atoms with van der Waals surface area (Å²) in [6, 6.07) is 3.61. The minimum Gasteiger partial charge on any atom is -0.480 e. The zero-order valence-electron chi connectivity index (χ0n) is 9.02. The maximum Gasteiger partial charge on any atom is 0.319 e. The van der Waals surface area contributed by atoms with E-state index in [1.165, 1.54) is 6.21 Å². The van der Waals surface area contributed by atoms with Crippen LogP contribution in [0.25, 0.3) is 0 Å². The summed E-state index contributed by atoms with van der Waals surface area (Å²) in [5, 5.41) is 8.86. The maximum atomic E-state index is 11.9. The molecule has 1 aromatic carbocycles. The monoisotopic (exact) mass is 217 g/mol. The molecule has 16 heavy (non-hydrogen) atoms. The van der Waals surface area contributed by atoms with Crippen molar-refractivity contribution in [2.24, 2.45) is 10.9 Å². The summed E-state index contributed by atoms with van der Waals surface area (Å²) in [7, 11) is 0. The Morgan fingerprint density at radius 1 is 1.38 bits per heavy atom. The van der Waals surface area contributed by atoms with Gasteiger partial charge in [0, 0.05) is 11.8 Å². The van der Waals surface area contributed by atoms with Gasteiger partial charge in [-0.15, -0.1) is 0 Å². The summed E-state index contributed by atoms with van der Waals surface area (Å²) in [4.78, 5) is 26.8. The van der Waals surface area contributed by atoms with Crippen LogP contribution in [0.3, 0.4) is 0 Å². The van der Waals surface area contributed by atoms with E-state index in [1.54, 1.807) is 6.07 Å². The Bertz CT molecular complexity index is 517. The number of benzene rings is 1. The number of hydrogen-bond acceptors (Lipinski definition) is 3. The Labute approximate surface area is 92.6 Å². The molecule has 1 aromatic rings. The molecule has 1 heterocycles. The van der Waals surface area contributed by atoms with Crippen molar-refractivity contribution in [1.82, 2.24) is 0 Å². The van der Waals surface area contributed by atoms with Gasteiger partial charge in [0.1, 0.15) is 0 Å². The van der Waals surface area contributed by atoms with Gasteiger partial charge in [-0.1, -0.05) is 6.07 Å². The lowest BCUT2D eigenvalue weighted by molar-refractivity contribution is -0.137. The summed E-state index contributed by atoms with van der Waals surface area (Å²) in [6.45, 7) is 3.73. The molecule has 0 amide bonds. The summed E-state index contributed by atoms with van der Waals surface area (Å²) >= 11 is 0. The number of nitrogens with zero attached hydrogens (tertiary/aromatic N) is 1. The molecule has 0 aromatic heterocycles. The fourth-order valence-corrected chi connectivity index (χ4v) is 1.88. The van der Waals surface area contributed by atoms with E-state index in [0.29, 0.717) is 11.3 Å². The zero-order valence-corrected chi connectivity index (χ0v) is 9.02. The number of aliphatic imine (C=N–C) groups is 1. The van der Waals surface area contributed by atoms with E-state index in [-0.39, 0.29) is 5.78 Å². The van der Waals surface area contributed by atoms with Gasteiger partial charge in [0.15, 0.2) is 11.7 Å². The molecule has 0 saturated carbocycles. The first kappa shape index (κ1) is 10.5. The quantitative estimate of drug-likeness (QED) is 0.730. The van der Waals surface area contributed by atoms with Gasteiger partial charge >= 0.3 is 5.97 Å². The van der Waals surface area contributed by atoms with Crippen molar-refractivity contribution in [2.75, 3.05) is 0 Å². The molecule has 1 aliphatic heterocycles. The van der Waals surface area contributed by atoms with E-state index in [1.807, 2.05) is 19.9 Å². The van der Waals surface area contributed by atoms with Crippen molar-refractivity contribution in [3.8, 4) is 0 Å². The third-order valence-electron chi connectivity index (χ3n) is 2.61. The summed E-state index contributed by atoms with van der Waals surface area (Å²) < 4.78 is 0. The van der Waals surface area contributed by atoms with Crippen LogP contribution in [0, 0.1) is 19.8 Å². The molecule has 0 spiro atoms. The van der Waals surface area contributed by atoms with Gasteiger partial charge in [-0.25, -0.2) is 0 Å². The molecule has 0 saturated heterocycles. The molecule has 2 rings (SSSR count). The van der Waals surface area contributed by atoms with Gasteiger partial charge in [0.25, 0.3) is 0 Å². The van der Waals surface area contributed by atoms with Crippen LogP contribution in [-0.2, 0) is 4.79 Å². The largest absolute Gasteiger partial charge is 0.480 e. The van der Waals surface area contributed by atoms with Gasteiger partial charge in [-0.3, -0.25) is 14.6 Å². The van der Waals surface area contributed by atoms with Crippen LogP contribution >= 0.6 is 0 Å². The molecule has 0 fully saturated rings. The van der Waals surface area contributed by atoms with Crippen LogP contribution in [0.2, 0.25) is 0 Å². The van der Waals surface area contributed by atoms with Crippen LogP contribution < -0.4 is 0 Å². The predicted molar refractivity (Wildman–Crippen MR) is 59.5 cm³/mol. The SMILES string of the molecule is Cc1cc(C)c2c(c1)C(=O)C(C(=O)O)C=N2. The van der Waals surface area contributed by atoms with Crippen molar-refractivity contribution in [1.29, 1.82) is 0 Å². The van der Waals surface area contributed by atoms with E-state index in [9.17, 15) is 9.59 Å². The molecular weight excluding hydrogens is 206 g/mol. The third-order valence-corrected chi connectivity index (χ3v) is 2.61. The molecule has 4 heteroatoms. The van der Waals surface area contributed by atoms with Crippen molar-refractivity contribution >= 4 is 23.7 Å². The number of carboxylic acids is 1. The number of aliphatic carboxylic acids is 1. The Morgan fingerprint density at radius 2 is 2.06 bits per heavy atom. The van der Waals surface area contributed by atoms with Gasteiger partial charge in [-0.2, -0.15) is 0 Å². The first-order chi connectivity index (χ1) is 7.50. The minimum absolute atomic E-state index is 0.385. The van der Waals surface area contributed by atoms with Gasteiger partial charge in [0.05, 0.1) is 5.69 Å². The Balaban J connectivity index is 2.60. The van der Waals surface area contributed by atoms with E-state index >= 15 is 0 Å². The lowest BCUT2D eigenvalue weighted by Gasteiger charge is -2.16. The summed E-state index contributed by atoms with van der Waals surface area (Å²) in [5.41, 5.74) is 2.83. The number of rotatable bonds is 1. The number of Topliss-reactive ketones (excluding diaryl/α,β-unsaturated/α-hetero) is 1. The Hall–Kier alpha value is -1.97. The number of fused-ring (bicyclic) bond motifs is 1. The lowest BCUT2D eigenvalue weighted by Crippen LogP contribution is -2.27. The highest BCUT2D eigenvalue weighted by Gasteiger charge is 2.31. The van der Waals surface area contributed by atoms with Crippen molar-refractivity contribution < 1.29 is 14.7 Å². The summed E-state index contributed by atoms with van der Waals surface area (Å²) in [6.07, 6.45) is 1.20. The average molecular weight is 217 g/mol. The number of ketones is 1. The standard InChI is InChI=1S/C12H11NO3/c1-6-3-7(2)10-8(4-6)11(14)9(5-13-10)12(15)16/h3-5,9H,1-2H3,(H,15,16). The smallest absolute Gasteiger partial charge is 0.319 e. The van der Waals surface area contributed by atoms with E-state index in [2.05, 4.69) is 4.99 Å². The lowest BCUT2D eigenvalue weighted by atomic mass is 9.91. The second kappa shape index (κ2) is 3.56. The van der Waals surface area contributed by atoms with Crippen molar-refractivity contribution in [2.45, 2.75) is 13.8 Å². The molecule has 4 nitrogen and oxygen atoms in total. The fourth-order valence-electron chi connectivity index (χ4n) is 1.88. The fraction of sp³-hybridized carbons (Fsp3) is 0.250. The number of carbonyl (C=O) groups is 2. The second-order valence-electron chi connectivity index (χ2n) is 3.94. The Morgan fingerprint density at radius 3 is 2.69 bits per heavy atom. The minimum atomic E-state index is -1.15. The van der Waals surface area contributed by atoms with Crippen molar-refractivity contribution in [3.63, 3.8) is 0 Å². The Kier molecular flexibility index (Phi) is 2.34. The normalized spacial score (nSPS) is 18.4. The van der Waals surface area contributed by atoms with Gasteiger partial charge < -0.3 is 5.11 Å². The van der Waals surface area contributed by atoms with Crippen LogP contribution in [0.1, 0.15) is 21.5 Å². The topological polar surface area (TPSA) is 66.7 Å². The number of carboxylic acid groups (broad SMARTS) is 1. The van der Waals surface area contributed by atoms with Crippen LogP contribution in [0.4, 0.5) is 5.69 Å². The molecule has 1 N–H and O–H groups in total. The van der Waals surface area contributed by atoms with Gasteiger partial charge in [-0.05, 0) is 31.0 Å². The number of hydrogen-bond donors (Lipinski definition) is 1. The van der Waals surface area contributed by atoms with Gasteiger partial charge in [0.2, 0.25) is 0 Å². The molecule has 82 valence electrons. The molecule has 0 radical (unpaired) electrons. The van der Waals surface area contributed by atoms with Crippen LogP contribution in [0.15, 0.2) is 17.1 Å². The first-order valence-corrected chi connectivity index (χ1v) is 4.93. The number of aryl methyl sites for hydroxylation is 2. The average Bonchev–Trinajstić information content (AvgIpc) is 2.19. The molecule has 1 atom stereocenters. The maximum absolute atomic E-state index is 11.9. The molecule has 0 aliphatic carbocycles. The van der Waals surface area contributed by atoms with Crippen LogP contribution in [0.5, 0.6) is 0 Å². The molecule has 1 unspecified atom stereocenters. The predicted octanol–water partition coefficient (Wildman–Crippen LogP) is 1.90. The first-order valence-electron chi connectivity index (χ1n) is 4.93. The van der Waals surface area contributed by atoms with E-state index in [4.69, 9.17) is 5.11 Å². The van der Waals surface area contributed by atoms with Crippen molar-refractivity contribution in [3.05, 3.63) is 28.8 Å². The second-order valence-corrected chi connectivity index (χ2v) is 3.94.